The summed E-state index contributed by atoms with van der Waals surface area (Å²) in [7, 11) is 2.19. The van der Waals surface area contributed by atoms with Gasteiger partial charge in [-0.2, -0.15) is 0 Å². The Morgan fingerprint density at radius 2 is 1.85 bits per heavy atom. The van der Waals surface area contributed by atoms with Gasteiger partial charge in [-0.05, 0) is 60.4 Å². The van der Waals surface area contributed by atoms with Gasteiger partial charge in [-0.1, -0.05) is 6.07 Å². The third-order valence-corrected chi connectivity index (χ3v) is 5.66. The van der Waals surface area contributed by atoms with Gasteiger partial charge < -0.3 is 15.5 Å². The minimum Gasteiger partial charge on any atom is -0.368 e. The van der Waals surface area contributed by atoms with E-state index in [1.807, 2.05) is 0 Å². The van der Waals surface area contributed by atoms with Crippen LogP contribution in [0.5, 0.6) is 0 Å². The molecule has 1 saturated heterocycles. The molecule has 1 aromatic rings. The van der Waals surface area contributed by atoms with Crippen LogP contribution in [0.2, 0.25) is 0 Å². The first-order valence-corrected chi connectivity index (χ1v) is 8.31. The quantitative estimate of drug-likeness (QED) is 0.920. The van der Waals surface area contributed by atoms with Gasteiger partial charge in [0.15, 0.2) is 0 Å². The van der Waals surface area contributed by atoms with Gasteiger partial charge in [0, 0.05) is 42.1 Å². The fourth-order valence-corrected chi connectivity index (χ4v) is 3.89. The predicted molar refractivity (Wildman–Crippen MR) is 88.4 cm³/mol. The molecule has 1 saturated carbocycles. The lowest BCUT2D eigenvalue weighted by molar-refractivity contribution is 0.312. The van der Waals surface area contributed by atoms with E-state index in [1.165, 1.54) is 28.6 Å². The molecule has 1 aromatic carbocycles. The second-order valence-corrected chi connectivity index (χ2v) is 7.26. The lowest BCUT2D eigenvalue weighted by Gasteiger charge is -2.35. The number of likely N-dealkylation sites (N-methyl/N-ethyl adjacent to an activating group) is 1. The molecular formula is C16H24BrN3. The van der Waals surface area contributed by atoms with Crippen molar-refractivity contribution in [3.63, 3.8) is 0 Å². The summed E-state index contributed by atoms with van der Waals surface area (Å²) >= 11 is 3.77. The summed E-state index contributed by atoms with van der Waals surface area (Å²) in [6.07, 6.45) is 2.45. The van der Waals surface area contributed by atoms with Crippen molar-refractivity contribution in [3.8, 4) is 0 Å². The van der Waals surface area contributed by atoms with Crippen molar-refractivity contribution in [1.82, 2.24) is 4.90 Å². The molecule has 3 rings (SSSR count). The maximum atomic E-state index is 6.18. The molecule has 110 valence electrons. The number of anilines is 1. The number of hydrogen-bond acceptors (Lipinski definition) is 3. The van der Waals surface area contributed by atoms with E-state index in [0.29, 0.717) is 0 Å². The lowest BCUT2D eigenvalue weighted by atomic mass is 9.89. The molecule has 2 aliphatic rings. The summed E-state index contributed by atoms with van der Waals surface area (Å²) in [5, 5.41) is 0. The fourth-order valence-electron chi connectivity index (χ4n) is 3.26. The summed E-state index contributed by atoms with van der Waals surface area (Å²) in [4.78, 5) is 4.85. The number of benzene rings is 1. The van der Waals surface area contributed by atoms with E-state index in [4.69, 9.17) is 5.73 Å². The average molecular weight is 338 g/mol. The van der Waals surface area contributed by atoms with Crippen LogP contribution in [0.1, 0.15) is 25.3 Å². The fraction of sp³-hybridized carbons (Fsp3) is 0.625. The minimum absolute atomic E-state index is 0.239. The second-order valence-electron chi connectivity index (χ2n) is 6.40. The monoisotopic (exact) mass is 337 g/mol. The molecular weight excluding hydrogens is 314 g/mol. The third-order valence-electron chi connectivity index (χ3n) is 5.03. The van der Waals surface area contributed by atoms with Crippen LogP contribution in [0.3, 0.4) is 0 Å². The van der Waals surface area contributed by atoms with Crippen molar-refractivity contribution >= 4 is 21.6 Å². The van der Waals surface area contributed by atoms with Gasteiger partial charge in [0.25, 0.3) is 0 Å². The zero-order chi connectivity index (χ0) is 14.3. The number of nitrogens with zero attached hydrogens (tertiary/aromatic N) is 2. The Morgan fingerprint density at radius 1 is 1.20 bits per heavy atom. The topological polar surface area (TPSA) is 32.5 Å². The van der Waals surface area contributed by atoms with Crippen molar-refractivity contribution in [2.45, 2.75) is 31.2 Å². The van der Waals surface area contributed by atoms with E-state index in [2.05, 4.69) is 57.9 Å². The Balaban J connectivity index is 1.82. The van der Waals surface area contributed by atoms with Crippen molar-refractivity contribution in [1.29, 1.82) is 0 Å². The number of nitrogens with two attached hydrogens (primary N) is 1. The first-order valence-electron chi connectivity index (χ1n) is 7.52. The number of rotatable bonds is 3. The van der Waals surface area contributed by atoms with E-state index in [0.717, 1.165) is 26.2 Å². The highest BCUT2D eigenvalue weighted by molar-refractivity contribution is 9.10. The van der Waals surface area contributed by atoms with Gasteiger partial charge in [-0.3, -0.25) is 0 Å². The summed E-state index contributed by atoms with van der Waals surface area (Å²) < 4.78 is 1.21. The van der Waals surface area contributed by atoms with Crippen molar-refractivity contribution in [2.24, 2.45) is 5.73 Å². The number of hydrogen-bond donors (Lipinski definition) is 1. The zero-order valence-electron chi connectivity index (χ0n) is 12.4. The summed E-state index contributed by atoms with van der Waals surface area (Å²) in [5.74, 6) is 0. The molecule has 0 bridgehead atoms. The number of piperazine rings is 1. The molecule has 1 aliphatic carbocycles. The number of halogens is 1. The van der Waals surface area contributed by atoms with E-state index in [1.54, 1.807) is 0 Å². The molecule has 1 aliphatic heterocycles. The SMILES string of the molecule is CC(N)C1(c2ccc(N3CCN(C)CC3)c(Br)c2)CC1. The van der Waals surface area contributed by atoms with Crippen LogP contribution >= 0.6 is 15.9 Å². The van der Waals surface area contributed by atoms with Gasteiger partial charge >= 0.3 is 0 Å². The Hall–Kier alpha value is -0.580. The van der Waals surface area contributed by atoms with Crippen LogP contribution in [0, 0.1) is 0 Å². The van der Waals surface area contributed by atoms with Gasteiger partial charge in [0.1, 0.15) is 0 Å². The first kappa shape index (κ1) is 14.4. The molecule has 4 heteroatoms. The Kier molecular flexibility index (Phi) is 3.82. The van der Waals surface area contributed by atoms with Crippen molar-refractivity contribution < 1.29 is 0 Å². The highest BCUT2D eigenvalue weighted by Crippen LogP contribution is 2.51. The van der Waals surface area contributed by atoms with Gasteiger partial charge in [0.05, 0.1) is 5.69 Å². The molecule has 1 atom stereocenters. The van der Waals surface area contributed by atoms with Crippen LogP contribution in [0.25, 0.3) is 0 Å². The van der Waals surface area contributed by atoms with Gasteiger partial charge in [-0.25, -0.2) is 0 Å². The second kappa shape index (κ2) is 5.32. The highest BCUT2D eigenvalue weighted by atomic mass is 79.9. The smallest absolute Gasteiger partial charge is 0.0511 e. The molecule has 3 nitrogen and oxygen atoms in total. The van der Waals surface area contributed by atoms with Crippen LogP contribution in [-0.2, 0) is 5.41 Å². The van der Waals surface area contributed by atoms with E-state index < -0.39 is 0 Å². The molecule has 2 fully saturated rings. The van der Waals surface area contributed by atoms with Crippen LogP contribution in [-0.4, -0.2) is 44.2 Å². The Bertz CT molecular complexity index is 488. The molecule has 2 N–H and O–H groups in total. The normalized spacial score (nSPS) is 23.7. The highest BCUT2D eigenvalue weighted by Gasteiger charge is 2.47. The lowest BCUT2D eigenvalue weighted by Crippen LogP contribution is -2.44. The summed E-state index contributed by atoms with van der Waals surface area (Å²) in [6, 6.07) is 7.09. The summed E-state index contributed by atoms with van der Waals surface area (Å²) in [5.41, 5.74) is 9.14. The van der Waals surface area contributed by atoms with Gasteiger partial charge in [0.2, 0.25) is 0 Å². The largest absolute Gasteiger partial charge is 0.368 e. The molecule has 1 heterocycles. The van der Waals surface area contributed by atoms with Crippen LogP contribution < -0.4 is 10.6 Å². The molecule has 0 aromatic heterocycles. The van der Waals surface area contributed by atoms with E-state index >= 15 is 0 Å². The molecule has 20 heavy (non-hydrogen) atoms. The summed E-state index contributed by atoms with van der Waals surface area (Å²) in [6.45, 7) is 6.62. The van der Waals surface area contributed by atoms with Crippen LogP contribution in [0.4, 0.5) is 5.69 Å². The molecule has 1 unspecified atom stereocenters. The molecule has 0 spiro atoms. The third kappa shape index (κ3) is 2.49. The Morgan fingerprint density at radius 3 is 2.35 bits per heavy atom. The maximum Gasteiger partial charge on any atom is 0.0511 e. The van der Waals surface area contributed by atoms with Crippen molar-refractivity contribution in [2.75, 3.05) is 38.1 Å². The first-order chi connectivity index (χ1) is 9.53. The average Bonchev–Trinajstić information content (AvgIpc) is 3.21. The van der Waals surface area contributed by atoms with Gasteiger partial charge in [-0.15, -0.1) is 0 Å². The molecule has 0 amide bonds. The zero-order valence-corrected chi connectivity index (χ0v) is 14.0. The van der Waals surface area contributed by atoms with E-state index in [-0.39, 0.29) is 11.5 Å². The maximum absolute atomic E-state index is 6.18. The standard InChI is InChI=1S/C16H24BrN3/c1-12(18)16(5-6-16)13-3-4-15(14(17)11-13)20-9-7-19(2)8-10-20/h3-4,11-12H,5-10,18H2,1-2H3. The van der Waals surface area contributed by atoms with Crippen molar-refractivity contribution in [3.05, 3.63) is 28.2 Å². The Labute approximate surface area is 130 Å². The predicted octanol–water partition coefficient (Wildman–Crippen LogP) is 2.58. The van der Waals surface area contributed by atoms with Crippen LogP contribution in [0.15, 0.2) is 22.7 Å². The molecule has 0 radical (unpaired) electrons. The minimum atomic E-state index is 0.239. The van der Waals surface area contributed by atoms with E-state index in [9.17, 15) is 0 Å².